The highest BCUT2D eigenvalue weighted by molar-refractivity contribution is 7.12. The Bertz CT molecular complexity index is 801. The fourth-order valence-electron chi connectivity index (χ4n) is 2.60. The van der Waals surface area contributed by atoms with Gasteiger partial charge in [0.05, 0.1) is 4.88 Å². The molecule has 0 unspecified atom stereocenters. The van der Waals surface area contributed by atoms with Crippen LogP contribution in [-0.4, -0.2) is 65.4 Å². The molecule has 1 fully saturated rings. The molecule has 0 spiro atoms. The number of esters is 1. The van der Waals surface area contributed by atoms with Gasteiger partial charge in [-0.05, 0) is 23.6 Å². The number of nitrogen functional groups attached to an aromatic ring is 1. The largest absolute Gasteiger partial charge is 0.452 e. The maximum absolute atomic E-state index is 12.3. The molecule has 26 heavy (non-hydrogen) atoms. The van der Waals surface area contributed by atoms with Crippen LogP contribution >= 0.6 is 11.3 Å². The van der Waals surface area contributed by atoms with Gasteiger partial charge in [-0.1, -0.05) is 6.07 Å². The number of pyridine rings is 1. The molecule has 2 amide bonds. The molecule has 3 heterocycles. The molecular formula is C17H18N4O4S. The van der Waals surface area contributed by atoms with Gasteiger partial charge in [-0.15, -0.1) is 11.3 Å². The second kappa shape index (κ2) is 7.96. The highest BCUT2D eigenvalue weighted by atomic mass is 32.1. The summed E-state index contributed by atoms with van der Waals surface area (Å²) in [4.78, 5) is 44.3. The summed E-state index contributed by atoms with van der Waals surface area (Å²) in [6.07, 6.45) is 1.47. The van der Waals surface area contributed by atoms with Crippen molar-refractivity contribution in [1.82, 2.24) is 14.8 Å². The predicted molar refractivity (Wildman–Crippen MR) is 95.7 cm³/mol. The van der Waals surface area contributed by atoms with E-state index in [0.717, 1.165) is 0 Å². The Kier molecular flexibility index (Phi) is 5.47. The number of rotatable bonds is 4. The summed E-state index contributed by atoms with van der Waals surface area (Å²) in [5, 5.41) is 1.86. The Morgan fingerprint density at radius 3 is 2.50 bits per heavy atom. The van der Waals surface area contributed by atoms with Gasteiger partial charge < -0.3 is 20.3 Å². The zero-order valence-electron chi connectivity index (χ0n) is 14.0. The van der Waals surface area contributed by atoms with E-state index in [4.69, 9.17) is 10.5 Å². The smallest absolute Gasteiger partial charge is 0.342 e. The third kappa shape index (κ3) is 3.99. The van der Waals surface area contributed by atoms with Crippen LogP contribution < -0.4 is 5.73 Å². The molecule has 2 aromatic heterocycles. The minimum absolute atomic E-state index is 0.0226. The third-order valence-electron chi connectivity index (χ3n) is 4.04. The van der Waals surface area contributed by atoms with Crippen molar-refractivity contribution in [3.8, 4) is 0 Å². The average Bonchev–Trinajstić information content (AvgIpc) is 3.20. The number of carbonyl (C=O) groups is 3. The minimum atomic E-state index is -0.685. The van der Waals surface area contributed by atoms with Crippen molar-refractivity contribution >= 4 is 34.9 Å². The number of ether oxygens (including phenoxy) is 1. The van der Waals surface area contributed by atoms with Crippen molar-refractivity contribution in [3.05, 3.63) is 46.3 Å². The van der Waals surface area contributed by atoms with Crippen LogP contribution in [0.1, 0.15) is 20.0 Å². The van der Waals surface area contributed by atoms with Crippen LogP contribution in [0.5, 0.6) is 0 Å². The summed E-state index contributed by atoms with van der Waals surface area (Å²) in [7, 11) is 0. The van der Waals surface area contributed by atoms with Gasteiger partial charge in [0.15, 0.2) is 6.61 Å². The van der Waals surface area contributed by atoms with Gasteiger partial charge in [0, 0.05) is 32.4 Å². The first kappa shape index (κ1) is 17.9. The molecular weight excluding hydrogens is 356 g/mol. The van der Waals surface area contributed by atoms with Crippen LogP contribution in [0, 0.1) is 0 Å². The quantitative estimate of drug-likeness (QED) is 0.796. The lowest BCUT2D eigenvalue weighted by Gasteiger charge is -2.34. The van der Waals surface area contributed by atoms with Gasteiger partial charge in [0.25, 0.3) is 11.8 Å². The number of thiophene rings is 1. The molecule has 0 atom stereocenters. The number of amides is 2. The highest BCUT2D eigenvalue weighted by Gasteiger charge is 2.26. The highest BCUT2D eigenvalue weighted by Crippen LogP contribution is 2.14. The van der Waals surface area contributed by atoms with Gasteiger partial charge in [-0.25, -0.2) is 9.78 Å². The van der Waals surface area contributed by atoms with Crippen molar-refractivity contribution in [1.29, 1.82) is 0 Å². The summed E-state index contributed by atoms with van der Waals surface area (Å²) in [6, 6.07) is 6.68. The van der Waals surface area contributed by atoms with Crippen molar-refractivity contribution in [3.63, 3.8) is 0 Å². The molecule has 1 aliphatic heterocycles. The molecule has 3 rings (SSSR count). The predicted octanol–water partition coefficient (Wildman–Crippen LogP) is 0.867. The first-order chi connectivity index (χ1) is 12.6. The second-order valence-electron chi connectivity index (χ2n) is 5.66. The van der Waals surface area contributed by atoms with E-state index in [0.29, 0.717) is 31.1 Å². The third-order valence-corrected chi connectivity index (χ3v) is 4.89. The van der Waals surface area contributed by atoms with Gasteiger partial charge in [0.2, 0.25) is 0 Å². The molecule has 136 valence electrons. The van der Waals surface area contributed by atoms with E-state index >= 15 is 0 Å². The van der Waals surface area contributed by atoms with Crippen molar-refractivity contribution in [2.45, 2.75) is 0 Å². The molecule has 0 bridgehead atoms. The Labute approximate surface area is 154 Å². The molecule has 8 nitrogen and oxygen atoms in total. The fraction of sp³-hybridized carbons (Fsp3) is 0.294. The van der Waals surface area contributed by atoms with E-state index in [2.05, 4.69) is 4.98 Å². The van der Waals surface area contributed by atoms with Crippen molar-refractivity contribution in [2.75, 3.05) is 38.5 Å². The summed E-state index contributed by atoms with van der Waals surface area (Å²) in [6.45, 7) is 1.34. The van der Waals surface area contributed by atoms with Crippen molar-refractivity contribution < 1.29 is 19.1 Å². The normalized spacial score (nSPS) is 14.2. The molecule has 2 N–H and O–H groups in total. The molecule has 9 heteroatoms. The lowest BCUT2D eigenvalue weighted by atomic mass is 10.2. The van der Waals surface area contributed by atoms with Crippen LogP contribution in [0.4, 0.5) is 5.82 Å². The van der Waals surface area contributed by atoms with Crippen molar-refractivity contribution in [2.24, 2.45) is 0 Å². The maximum Gasteiger partial charge on any atom is 0.342 e. The van der Waals surface area contributed by atoms with E-state index < -0.39 is 5.97 Å². The number of hydrogen-bond donors (Lipinski definition) is 1. The van der Waals surface area contributed by atoms with E-state index in [1.165, 1.54) is 23.6 Å². The number of carbonyl (C=O) groups excluding carboxylic acids is 3. The molecule has 0 radical (unpaired) electrons. The van der Waals surface area contributed by atoms with Gasteiger partial charge in [-0.2, -0.15) is 0 Å². The zero-order chi connectivity index (χ0) is 18.5. The Balaban J connectivity index is 1.47. The monoisotopic (exact) mass is 374 g/mol. The standard InChI is InChI=1S/C17H18N4O4S/c18-15-12(3-1-5-19-15)17(24)25-11-14(22)20-6-8-21(9-7-20)16(23)13-4-2-10-26-13/h1-5,10H,6-9,11H2,(H2,18,19). The van der Waals surface area contributed by atoms with E-state index in [1.807, 2.05) is 11.4 Å². The lowest BCUT2D eigenvalue weighted by molar-refractivity contribution is -0.136. The maximum atomic E-state index is 12.3. The van der Waals surface area contributed by atoms with E-state index in [-0.39, 0.29) is 29.8 Å². The van der Waals surface area contributed by atoms with Crippen LogP contribution in [0.2, 0.25) is 0 Å². The summed E-state index contributed by atoms with van der Waals surface area (Å²) < 4.78 is 5.03. The van der Waals surface area contributed by atoms with Crippen LogP contribution in [0.25, 0.3) is 0 Å². The summed E-state index contributed by atoms with van der Waals surface area (Å²) in [5.74, 6) is -0.948. The molecule has 0 aliphatic carbocycles. The summed E-state index contributed by atoms with van der Waals surface area (Å²) in [5.41, 5.74) is 5.74. The number of nitrogens with two attached hydrogens (primary N) is 1. The first-order valence-electron chi connectivity index (χ1n) is 8.04. The SMILES string of the molecule is Nc1ncccc1C(=O)OCC(=O)N1CCN(C(=O)c2cccs2)CC1. The number of hydrogen-bond acceptors (Lipinski definition) is 7. The van der Waals surface area contributed by atoms with Gasteiger partial charge in [-0.3, -0.25) is 9.59 Å². The molecule has 0 aromatic carbocycles. The molecule has 0 saturated carbocycles. The van der Waals surface area contributed by atoms with Gasteiger partial charge >= 0.3 is 5.97 Å². The average molecular weight is 374 g/mol. The Morgan fingerprint density at radius 2 is 1.85 bits per heavy atom. The Hall–Kier alpha value is -2.94. The van der Waals surface area contributed by atoms with E-state index in [1.54, 1.807) is 21.9 Å². The Morgan fingerprint density at radius 1 is 1.12 bits per heavy atom. The topological polar surface area (TPSA) is 106 Å². The first-order valence-corrected chi connectivity index (χ1v) is 8.92. The lowest BCUT2D eigenvalue weighted by Crippen LogP contribution is -2.51. The molecule has 2 aromatic rings. The number of anilines is 1. The minimum Gasteiger partial charge on any atom is -0.452 e. The van der Waals surface area contributed by atoms with E-state index in [9.17, 15) is 14.4 Å². The zero-order valence-corrected chi connectivity index (χ0v) is 14.8. The van der Waals surface area contributed by atoms with Crippen LogP contribution in [-0.2, 0) is 9.53 Å². The number of aromatic nitrogens is 1. The molecule has 1 saturated heterocycles. The van der Waals surface area contributed by atoms with Crippen LogP contribution in [0.15, 0.2) is 35.8 Å². The van der Waals surface area contributed by atoms with Crippen LogP contribution in [0.3, 0.4) is 0 Å². The fourth-order valence-corrected chi connectivity index (χ4v) is 3.29. The number of nitrogens with zero attached hydrogens (tertiary/aromatic N) is 3. The molecule has 1 aliphatic rings. The second-order valence-corrected chi connectivity index (χ2v) is 6.61. The number of piperazine rings is 1. The summed E-state index contributed by atoms with van der Waals surface area (Å²) >= 11 is 1.40. The van der Waals surface area contributed by atoms with Gasteiger partial charge in [0.1, 0.15) is 11.4 Å².